The number of nitrogens with zero attached hydrogens (tertiary/aromatic N) is 3. The van der Waals surface area contributed by atoms with Crippen molar-refractivity contribution < 1.29 is 18.0 Å². The molecule has 3 heterocycles. The predicted molar refractivity (Wildman–Crippen MR) is 135 cm³/mol. The molecular weight excluding hydrogens is 489 g/mol. The lowest BCUT2D eigenvalue weighted by molar-refractivity contribution is -0.138. The zero-order chi connectivity index (χ0) is 25.4. The van der Waals surface area contributed by atoms with Crippen LogP contribution in [-0.2, 0) is 11.0 Å². The third-order valence-corrected chi connectivity index (χ3v) is 7.50. The molecule has 0 aliphatic carbocycles. The SMILES string of the molecule is C[C@H](c1ccc(Cl)cc1C(F)(F)F)n1cnc2ccc(C3=CCN(C(=O)[C@H]4CCCCN4)CC3)cc21. The maximum Gasteiger partial charge on any atom is 0.416 e. The van der Waals surface area contributed by atoms with Crippen molar-refractivity contribution in [3.05, 3.63) is 70.5 Å². The second kappa shape index (κ2) is 9.90. The Kier molecular flexibility index (Phi) is 6.83. The lowest BCUT2D eigenvalue weighted by atomic mass is 9.97. The number of fused-ring (bicyclic) bond motifs is 1. The quantitative estimate of drug-likeness (QED) is 0.457. The fraction of sp³-hybridized carbons (Fsp3) is 0.407. The second-order valence-corrected chi connectivity index (χ2v) is 9.96. The fourth-order valence-corrected chi connectivity index (χ4v) is 5.41. The molecule has 2 aliphatic rings. The van der Waals surface area contributed by atoms with E-state index in [1.807, 2.05) is 23.1 Å². The van der Waals surface area contributed by atoms with Crippen LogP contribution >= 0.6 is 11.6 Å². The summed E-state index contributed by atoms with van der Waals surface area (Å²) < 4.78 is 43.0. The van der Waals surface area contributed by atoms with Crippen LogP contribution in [0.15, 0.2) is 48.8 Å². The number of halogens is 4. The molecule has 0 bridgehead atoms. The molecule has 190 valence electrons. The Hall–Kier alpha value is -2.84. The number of imidazole rings is 1. The molecule has 0 unspecified atom stereocenters. The van der Waals surface area contributed by atoms with E-state index in [4.69, 9.17) is 11.6 Å². The van der Waals surface area contributed by atoms with Gasteiger partial charge >= 0.3 is 6.18 Å². The van der Waals surface area contributed by atoms with Gasteiger partial charge in [-0.3, -0.25) is 4.79 Å². The molecule has 1 aromatic heterocycles. The molecule has 5 rings (SSSR count). The number of rotatable bonds is 4. The normalized spacial score (nSPS) is 19.9. The zero-order valence-electron chi connectivity index (χ0n) is 20.0. The fourth-order valence-electron chi connectivity index (χ4n) is 5.24. The van der Waals surface area contributed by atoms with Crippen molar-refractivity contribution in [3.8, 4) is 0 Å². The van der Waals surface area contributed by atoms with Gasteiger partial charge in [0.1, 0.15) is 0 Å². The van der Waals surface area contributed by atoms with Gasteiger partial charge in [0.15, 0.2) is 0 Å². The molecule has 0 radical (unpaired) electrons. The van der Waals surface area contributed by atoms with E-state index < -0.39 is 17.8 Å². The maximum atomic E-state index is 13.7. The second-order valence-electron chi connectivity index (χ2n) is 9.53. The minimum atomic E-state index is -4.51. The first-order chi connectivity index (χ1) is 17.2. The van der Waals surface area contributed by atoms with Gasteiger partial charge in [0.05, 0.1) is 35.0 Å². The Labute approximate surface area is 212 Å². The number of piperidine rings is 1. The number of carbonyl (C=O) groups excluding carboxylic acids is 1. The van der Waals surface area contributed by atoms with Gasteiger partial charge in [0.2, 0.25) is 5.91 Å². The molecule has 1 amide bonds. The molecule has 2 aromatic carbocycles. The van der Waals surface area contributed by atoms with Crippen LogP contribution in [-0.4, -0.2) is 46.0 Å². The summed E-state index contributed by atoms with van der Waals surface area (Å²) in [6, 6.07) is 9.06. The number of alkyl halides is 3. The summed E-state index contributed by atoms with van der Waals surface area (Å²) in [5.41, 5.74) is 2.98. The van der Waals surface area contributed by atoms with Crippen LogP contribution in [0, 0.1) is 0 Å². The Morgan fingerprint density at radius 3 is 2.72 bits per heavy atom. The van der Waals surface area contributed by atoms with Crippen LogP contribution < -0.4 is 5.32 Å². The first-order valence-electron chi connectivity index (χ1n) is 12.3. The molecule has 1 N–H and O–H groups in total. The first kappa shape index (κ1) is 24.8. The highest BCUT2D eigenvalue weighted by Crippen LogP contribution is 2.38. The number of hydrogen-bond acceptors (Lipinski definition) is 3. The lowest BCUT2D eigenvalue weighted by Gasteiger charge is -2.32. The van der Waals surface area contributed by atoms with Crippen molar-refractivity contribution >= 4 is 34.1 Å². The standard InChI is InChI=1S/C27H28ClF3N4O/c1-17(21-7-6-20(28)15-22(21)27(29,30)31)35-16-33-23-8-5-19(14-25(23)35)18-9-12-34(13-10-18)26(36)24-4-2-3-11-32-24/h5-9,14-17,24,32H,2-4,10-13H2,1H3/t17-,24-/m1/s1. The van der Waals surface area contributed by atoms with Gasteiger partial charge in [-0.1, -0.05) is 36.2 Å². The molecule has 2 atom stereocenters. The molecule has 3 aromatic rings. The molecular formula is C27H28ClF3N4O. The van der Waals surface area contributed by atoms with Crippen LogP contribution in [0.25, 0.3) is 16.6 Å². The minimum Gasteiger partial charge on any atom is -0.337 e. The van der Waals surface area contributed by atoms with Gasteiger partial charge in [-0.25, -0.2) is 4.98 Å². The van der Waals surface area contributed by atoms with E-state index in [1.54, 1.807) is 17.8 Å². The van der Waals surface area contributed by atoms with Gasteiger partial charge in [-0.15, -0.1) is 0 Å². The van der Waals surface area contributed by atoms with E-state index in [2.05, 4.69) is 16.4 Å². The van der Waals surface area contributed by atoms with Crippen LogP contribution in [0.1, 0.15) is 55.3 Å². The molecule has 5 nitrogen and oxygen atoms in total. The van der Waals surface area contributed by atoms with Gasteiger partial charge in [-0.05, 0) is 73.7 Å². The Morgan fingerprint density at radius 1 is 1.19 bits per heavy atom. The van der Waals surface area contributed by atoms with Crippen molar-refractivity contribution in [2.45, 2.75) is 50.9 Å². The summed E-state index contributed by atoms with van der Waals surface area (Å²) in [6.45, 7) is 3.82. The highest BCUT2D eigenvalue weighted by Gasteiger charge is 2.35. The summed E-state index contributed by atoms with van der Waals surface area (Å²) in [4.78, 5) is 19.2. The largest absolute Gasteiger partial charge is 0.416 e. The van der Waals surface area contributed by atoms with Crippen molar-refractivity contribution in [1.29, 1.82) is 0 Å². The van der Waals surface area contributed by atoms with E-state index in [-0.39, 0.29) is 22.5 Å². The highest BCUT2D eigenvalue weighted by atomic mass is 35.5. The van der Waals surface area contributed by atoms with E-state index in [0.717, 1.165) is 54.9 Å². The molecule has 0 saturated carbocycles. The average Bonchev–Trinajstić information content (AvgIpc) is 3.31. The Bertz CT molecular complexity index is 1310. The van der Waals surface area contributed by atoms with E-state index >= 15 is 0 Å². The number of nitrogens with one attached hydrogen (secondary N) is 1. The molecule has 1 fully saturated rings. The topological polar surface area (TPSA) is 50.2 Å². The van der Waals surface area contributed by atoms with Gasteiger partial charge in [0.25, 0.3) is 0 Å². The summed E-state index contributed by atoms with van der Waals surface area (Å²) >= 11 is 5.87. The van der Waals surface area contributed by atoms with E-state index in [0.29, 0.717) is 18.6 Å². The third-order valence-electron chi connectivity index (χ3n) is 7.26. The number of aromatic nitrogens is 2. The average molecular weight is 517 g/mol. The first-order valence-corrected chi connectivity index (χ1v) is 12.6. The zero-order valence-corrected chi connectivity index (χ0v) is 20.7. The Morgan fingerprint density at radius 2 is 2.03 bits per heavy atom. The lowest BCUT2D eigenvalue weighted by Crippen LogP contribution is -2.49. The van der Waals surface area contributed by atoms with Gasteiger partial charge in [0, 0.05) is 18.1 Å². The molecule has 1 saturated heterocycles. The smallest absolute Gasteiger partial charge is 0.337 e. The van der Waals surface area contributed by atoms with Crippen molar-refractivity contribution in [2.24, 2.45) is 0 Å². The summed E-state index contributed by atoms with van der Waals surface area (Å²) in [7, 11) is 0. The third kappa shape index (κ3) is 4.89. The maximum absolute atomic E-state index is 13.7. The van der Waals surface area contributed by atoms with Crippen molar-refractivity contribution in [2.75, 3.05) is 19.6 Å². The van der Waals surface area contributed by atoms with Crippen molar-refractivity contribution in [3.63, 3.8) is 0 Å². The number of amides is 1. The highest BCUT2D eigenvalue weighted by molar-refractivity contribution is 6.30. The Balaban J connectivity index is 1.41. The van der Waals surface area contributed by atoms with Crippen LogP contribution in [0.2, 0.25) is 5.02 Å². The van der Waals surface area contributed by atoms with Crippen molar-refractivity contribution in [1.82, 2.24) is 19.8 Å². The predicted octanol–water partition coefficient (Wildman–Crippen LogP) is 6.08. The summed E-state index contributed by atoms with van der Waals surface area (Å²) in [6.07, 6.45) is 2.94. The number of carbonyl (C=O) groups is 1. The van der Waals surface area contributed by atoms with Crippen LogP contribution in [0.5, 0.6) is 0 Å². The minimum absolute atomic E-state index is 0.0482. The summed E-state index contributed by atoms with van der Waals surface area (Å²) in [5.74, 6) is 0.163. The monoisotopic (exact) mass is 516 g/mol. The van der Waals surface area contributed by atoms with E-state index in [1.165, 1.54) is 12.1 Å². The van der Waals surface area contributed by atoms with Crippen LogP contribution in [0.3, 0.4) is 0 Å². The number of hydrogen-bond donors (Lipinski definition) is 1. The molecule has 9 heteroatoms. The van der Waals surface area contributed by atoms with Gasteiger partial charge < -0.3 is 14.8 Å². The van der Waals surface area contributed by atoms with E-state index in [9.17, 15) is 18.0 Å². The molecule has 36 heavy (non-hydrogen) atoms. The molecule has 2 aliphatic heterocycles. The van der Waals surface area contributed by atoms with Crippen LogP contribution in [0.4, 0.5) is 13.2 Å². The summed E-state index contributed by atoms with van der Waals surface area (Å²) in [5, 5.41) is 3.37. The number of benzene rings is 2. The van der Waals surface area contributed by atoms with Gasteiger partial charge in [-0.2, -0.15) is 13.2 Å². The molecule has 0 spiro atoms.